The average molecular weight is 325 g/mol. The summed E-state index contributed by atoms with van der Waals surface area (Å²) in [6.45, 7) is 8.27. The Kier molecular flexibility index (Phi) is 5.30. The zero-order valence-corrected chi connectivity index (χ0v) is 14.6. The van der Waals surface area contributed by atoms with Gasteiger partial charge in [0.2, 0.25) is 0 Å². The molecule has 1 aromatic carbocycles. The summed E-state index contributed by atoms with van der Waals surface area (Å²) in [6.07, 6.45) is 1.43. The summed E-state index contributed by atoms with van der Waals surface area (Å²) in [5.74, 6) is 0.106. The van der Waals surface area contributed by atoms with Gasteiger partial charge in [-0.1, -0.05) is 32.9 Å². The van der Waals surface area contributed by atoms with E-state index in [1.54, 1.807) is 12.1 Å². The summed E-state index contributed by atoms with van der Waals surface area (Å²) in [4.78, 5) is 2.42. The lowest BCUT2D eigenvalue weighted by Crippen LogP contribution is -2.40. The van der Waals surface area contributed by atoms with E-state index in [9.17, 15) is 13.5 Å². The Balaban J connectivity index is 2.01. The van der Waals surface area contributed by atoms with Gasteiger partial charge in [-0.2, -0.15) is 0 Å². The molecule has 22 heavy (non-hydrogen) atoms. The molecule has 1 fully saturated rings. The number of sulfone groups is 1. The van der Waals surface area contributed by atoms with Crippen molar-refractivity contribution >= 4 is 9.84 Å². The topological polar surface area (TPSA) is 57.6 Å². The van der Waals surface area contributed by atoms with Crippen LogP contribution in [0.2, 0.25) is 0 Å². The minimum absolute atomic E-state index is 0.0201. The first-order valence-corrected chi connectivity index (χ1v) is 9.57. The van der Waals surface area contributed by atoms with Crippen LogP contribution in [0.4, 0.5) is 0 Å². The molecule has 2 rings (SSSR count). The highest BCUT2D eigenvalue weighted by atomic mass is 32.2. The van der Waals surface area contributed by atoms with E-state index in [0.29, 0.717) is 18.0 Å². The number of β-amino-alcohol motifs (C(OH)–C–C–N with tert-alkyl or cyclic N) is 1. The van der Waals surface area contributed by atoms with E-state index in [2.05, 4.69) is 20.8 Å². The Hall–Kier alpha value is -0.910. The fourth-order valence-electron chi connectivity index (χ4n) is 2.76. The van der Waals surface area contributed by atoms with Gasteiger partial charge in [0.05, 0.1) is 16.8 Å². The van der Waals surface area contributed by atoms with E-state index in [4.69, 9.17) is 0 Å². The van der Waals surface area contributed by atoms with Crippen molar-refractivity contribution in [1.29, 1.82) is 0 Å². The number of hydrogen-bond donors (Lipinski definition) is 1. The van der Waals surface area contributed by atoms with Gasteiger partial charge in [0.25, 0.3) is 0 Å². The Morgan fingerprint density at radius 1 is 1.23 bits per heavy atom. The molecular formula is C17H27NO3S. The van der Waals surface area contributed by atoms with E-state index in [1.165, 1.54) is 0 Å². The van der Waals surface area contributed by atoms with Gasteiger partial charge < -0.3 is 5.11 Å². The third-order valence-corrected chi connectivity index (χ3v) is 5.95. The lowest BCUT2D eigenvalue weighted by Gasteiger charge is -2.29. The second-order valence-electron chi connectivity index (χ2n) is 7.19. The predicted molar refractivity (Wildman–Crippen MR) is 88.9 cm³/mol. The zero-order valence-electron chi connectivity index (χ0n) is 13.7. The van der Waals surface area contributed by atoms with Gasteiger partial charge in [-0.05, 0) is 42.5 Å². The molecule has 0 radical (unpaired) electrons. The first kappa shape index (κ1) is 17.4. The van der Waals surface area contributed by atoms with Crippen molar-refractivity contribution in [3.63, 3.8) is 0 Å². The van der Waals surface area contributed by atoms with Crippen LogP contribution in [-0.4, -0.2) is 49.9 Å². The van der Waals surface area contributed by atoms with Crippen molar-refractivity contribution in [3.05, 3.63) is 29.8 Å². The minimum atomic E-state index is -3.26. The molecule has 5 heteroatoms. The molecule has 124 valence electrons. The first-order valence-electron chi connectivity index (χ1n) is 7.92. The number of nitrogens with zero attached hydrogens (tertiary/aromatic N) is 1. The van der Waals surface area contributed by atoms with E-state index in [-0.39, 0.29) is 17.3 Å². The first-order chi connectivity index (χ1) is 10.2. The fourth-order valence-corrected chi connectivity index (χ4v) is 4.05. The largest absolute Gasteiger partial charge is 0.392 e. The van der Waals surface area contributed by atoms with Crippen LogP contribution in [0.5, 0.6) is 0 Å². The molecule has 4 nitrogen and oxygen atoms in total. The van der Waals surface area contributed by atoms with Gasteiger partial charge in [-0.15, -0.1) is 0 Å². The third kappa shape index (κ3) is 4.54. The van der Waals surface area contributed by atoms with Crippen molar-refractivity contribution in [2.45, 2.75) is 50.0 Å². The highest BCUT2D eigenvalue weighted by molar-refractivity contribution is 7.91. The van der Waals surface area contributed by atoms with E-state index < -0.39 is 9.84 Å². The molecular weight excluding hydrogens is 298 g/mol. The molecule has 1 aliphatic rings. The van der Waals surface area contributed by atoms with Gasteiger partial charge in [-0.25, -0.2) is 8.42 Å². The summed E-state index contributed by atoms with van der Waals surface area (Å²) >= 11 is 0. The second-order valence-corrected chi connectivity index (χ2v) is 9.30. The van der Waals surface area contributed by atoms with Gasteiger partial charge >= 0.3 is 0 Å². The Morgan fingerprint density at radius 2 is 1.86 bits per heavy atom. The number of rotatable bonds is 4. The van der Waals surface area contributed by atoms with Crippen molar-refractivity contribution in [2.75, 3.05) is 25.4 Å². The molecule has 1 unspecified atom stereocenters. The fraction of sp³-hybridized carbons (Fsp3) is 0.647. The van der Waals surface area contributed by atoms with Crippen molar-refractivity contribution in [3.8, 4) is 0 Å². The van der Waals surface area contributed by atoms with E-state index >= 15 is 0 Å². The normalized spacial score (nSPS) is 21.0. The lowest BCUT2D eigenvalue weighted by molar-refractivity contribution is 0.0741. The highest BCUT2D eigenvalue weighted by Gasteiger charge is 2.21. The summed E-state index contributed by atoms with van der Waals surface area (Å²) < 4.78 is 24.9. The summed E-state index contributed by atoms with van der Waals surface area (Å²) in [7, 11) is -3.26. The van der Waals surface area contributed by atoms with Crippen LogP contribution in [0.3, 0.4) is 0 Å². The third-order valence-electron chi connectivity index (χ3n) is 4.24. The number of aliphatic hydroxyl groups is 1. The molecule has 1 saturated heterocycles. The van der Waals surface area contributed by atoms with Crippen LogP contribution >= 0.6 is 0 Å². The van der Waals surface area contributed by atoms with Crippen LogP contribution in [0.1, 0.15) is 39.2 Å². The van der Waals surface area contributed by atoms with Crippen LogP contribution in [0.15, 0.2) is 29.2 Å². The van der Waals surface area contributed by atoms with Crippen LogP contribution in [-0.2, 0) is 15.3 Å². The number of benzene rings is 1. The summed E-state index contributed by atoms with van der Waals surface area (Å²) in [5, 5.41) is 9.64. The molecule has 0 saturated carbocycles. The molecule has 1 aliphatic heterocycles. The quantitative estimate of drug-likeness (QED) is 0.922. The summed E-state index contributed by atoms with van der Waals surface area (Å²) in [5.41, 5.74) is 1.15. The summed E-state index contributed by atoms with van der Waals surface area (Å²) in [6, 6.07) is 7.22. The molecule has 0 spiro atoms. The van der Waals surface area contributed by atoms with Crippen LogP contribution < -0.4 is 0 Å². The van der Waals surface area contributed by atoms with Crippen molar-refractivity contribution in [1.82, 2.24) is 4.90 Å². The Bertz CT molecular complexity index is 587. The molecule has 1 aromatic rings. The van der Waals surface area contributed by atoms with Crippen molar-refractivity contribution in [2.24, 2.45) is 0 Å². The maximum absolute atomic E-state index is 12.4. The molecule has 0 amide bonds. The molecule has 1 atom stereocenters. The maximum atomic E-state index is 12.4. The minimum Gasteiger partial charge on any atom is -0.392 e. The standard InChI is InChI=1S/C17H27NO3S/c1-17(2,3)14-6-8-16(9-7-14)22(20,21)12-11-18-10-4-5-15(19)13-18/h6-9,15,19H,4-5,10-13H2,1-3H3. The van der Waals surface area contributed by atoms with Crippen LogP contribution in [0, 0.1) is 0 Å². The number of piperidine rings is 1. The van der Waals surface area contributed by atoms with Gasteiger partial charge in [0, 0.05) is 13.1 Å². The molecule has 1 heterocycles. The highest BCUT2D eigenvalue weighted by Crippen LogP contribution is 2.24. The SMILES string of the molecule is CC(C)(C)c1ccc(S(=O)(=O)CCN2CCCC(O)C2)cc1. The Labute approximate surface area is 134 Å². The van der Waals surface area contributed by atoms with E-state index in [0.717, 1.165) is 24.9 Å². The zero-order chi connectivity index (χ0) is 16.4. The Morgan fingerprint density at radius 3 is 2.41 bits per heavy atom. The van der Waals surface area contributed by atoms with Crippen molar-refractivity contribution < 1.29 is 13.5 Å². The number of likely N-dealkylation sites (tertiary alicyclic amines) is 1. The number of aliphatic hydroxyl groups excluding tert-OH is 1. The van der Waals surface area contributed by atoms with Gasteiger partial charge in [0.15, 0.2) is 9.84 Å². The molecule has 0 aliphatic carbocycles. The molecule has 0 bridgehead atoms. The van der Waals surface area contributed by atoms with Gasteiger partial charge in [0.1, 0.15) is 0 Å². The average Bonchev–Trinajstić information content (AvgIpc) is 2.45. The molecule has 0 aromatic heterocycles. The van der Waals surface area contributed by atoms with Gasteiger partial charge in [-0.3, -0.25) is 4.90 Å². The second kappa shape index (κ2) is 6.69. The number of hydrogen-bond acceptors (Lipinski definition) is 4. The lowest BCUT2D eigenvalue weighted by atomic mass is 9.87. The maximum Gasteiger partial charge on any atom is 0.179 e. The van der Waals surface area contributed by atoms with Crippen LogP contribution in [0.25, 0.3) is 0 Å². The predicted octanol–water partition coefficient (Wildman–Crippen LogP) is 2.21. The monoisotopic (exact) mass is 325 g/mol. The van der Waals surface area contributed by atoms with E-state index in [1.807, 2.05) is 17.0 Å². The smallest absolute Gasteiger partial charge is 0.179 e. The molecule has 1 N–H and O–H groups in total.